The fourth-order valence-electron chi connectivity index (χ4n) is 1.26. The van der Waals surface area contributed by atoms with E-state index in [0.717, 1.165) is 11.3 Å². The maximum absolute atomic E-state index is 8.89. The van der Waals surface area contributed by atoms with Crippen LogP contribution in [0.3, 0.4) is 0 Å². The Morgan fingerprint density at radius 3 is 2.43 bits per heavy atom. The quantitative estimate of drug-likeness (QED) is 0.800. The number of aliphatic hydroxyl groups excluding tert-OH is 1. The Hall–Kier alpha value is -1.02. The van der Waals surface area contributed by atoms with Gasteiger partial charge >= 0.3 is 0 Å². The average molecular weight is 194 g/mol. The Kier molecular flexibility index (Phi) is 3.53. The molecule has 0 heterocycles. The summed E-state index contributed by atoms with van der Waals surface area (Å²) >= 11 is 0. The molecule has 0 aliphatic carbocycles. The fourth-order valence-corrected chi connectivity index (χ4v) is 1.26. The van der Waals surface area contributed by atoms with E-state index in [0.29, 0.717) is 6.42 Å². The van der Waals surface area contributed by atoms with Crippen molar-refractivity contribution >= 4 is 0 Å². The van der Waals surface area contributed by atoms with Crippen molar-refractivity contribution in [1.82, 2.24) is 0 Å². The van der Waals surface area contributed by atoms with Crippen molar-refractivity contribution in [1.29, 1.82) is 0 Å². The summed E-state index contributed by atoms with van der Waals surface area (Å²) in [5.41, 5.74) is 0.871. The maximum Gasteiger partial charge on any atom is 0.123 e. The normalized spacial score (nSPS) is 11.4. The van der Waals surface area contributed by atoms with Crippen LogP contribution in [0.25, 0.3) is 0 Å². The molecule has 1 rings (SSSR count). The molecule has 1 N–H and O–H groups in total. The van der Waals surface area contributed by atoms with Gasteiger partial charge in [0.25, 0.3) is 0 Å². The van der Waals surface area contributed by atoms with Crippen molar-refractivity contribution in [2.45, 2.75) is 32.8 Å². The molecule has 2 heteroatoms. The fraction of sp³-hybridized carbons (Fsp3) is 0.500. The molecule has 0 saturated heterocycles. The number of aliphatic hydroxyl groups is 1. The lowest BCUT2D eigenvalue weighted by Crippen LogP contribution is -2.23. The second-order valence-electron chi connectivity index (χ2n) is 4.30. The first kappa shape index (κ1) is 11.1. The van der Waals surface area contributed by atoms with Crippen LogP contribution in [0.1, 0.15) is 26.3 Å². The van der Waals surface area contributed by atoms with Crippen molar-refractivity contribution in [2.75, 3.05) is 6.61 Å². The van der Waals surface area contributed by atoms with Gasteiger partial charge in [0.1, 0.15) is 11.4 Å². The highest BCUT2D eigenvalue weighted by atomic mass is 16.5. The van der Waals surface area contributed by atoms with Crippen molar-refractivity contribution < 1.29 is 9.84 Å². The van der Waals surface area contributed by atoms with E-state index in [-0.39, 0.29) is 12.2 Å². The van der Waals surface area contributed by atoms with Gasteiger partial charge in [0.2, 0.25) is 0 Å². The minimum atomic E-state index is -0.189. The standard InChI is InChI=1S/C12H18O2/c1-12(2,3)14-11-7-5-4-6-10(11)8-9-13/h4-7,13H,8-9H2,1-3H3. The summed E-state index contributed by atoms with van der Waals surface area (Å²) < 4.78 is 5.77. The summed E-state index contributed by atoms with van der Waals surface area (Å²) in [7, 11) is 0. The smallest absolute Gasteiger partial charge is 0.123 e. The molecule has 1 aromatic rings. The third kappa shape index (κ3) is 3.38. The Morgan fingerprint density at radius 2 is 1.86 bits per heavy atom. The van der Waals surface area contributed by atoms with Crippen molar-refractivity contribution in [3.8, 4) is 5.75 Å². The van der Waals surface area contributed by atoms with Crippen LogP contribution >= 0.6 is 0 Å². The highest BCUT2D eigenvalue weighted by Gasteiger charge is 2.13. The second kappa shape index (κ2) is 4.47. The molecular weight excluding hydrogens is 176 g/mol. The van der Waals surface area contributed by atoms with E-state index in [1.165, 1.54) is 0 Å². The SMILES string of the molecule is CC(C)(C)Oc1ccccc1CCO. The summed E-state index contributed by atoms with van der Waals surface area (Å²) in [5.74, 6) is 0.869. The Labute approximate surface area is 85.5 Å². The van der Waals surface area contributed by atoms with Crippen LogP contribution in [0.5, 0.6) is 5.75 Å². The van der Waals surface area contributed by atoms with Gasteiger partial charge in [-0.3, -0.25) is 0 Å². The summed E-state index contributed by atoms with van der Waals surface area (Å²) in [6, 6.07) is 7.83. The molecule has 0 aliphatic rings. The number of hydrogen-bond acceptors (Lipinski definition) is 2. The highest BCUT2D eigenvalue weighted by Crippen LogP contribution is 2.23. The van der Waals surface area contributed by atoms with Crippen LogP contribution in [0, 0.1) is 0 Å². The molecule has 1 aromatic carbocycles. The highest BCUT2D eigenvalue weighted by molar-refractivity contribution is 5.33. The lowest BCUT2D eigenvalue weighted by molar-refractivity contribution is 0.128. The van der Waals surface area contributed by atoms with Crippen molar-refractivity contribution in [3.63, 3.8) is 0 Å². The Balaban J connectivity index is 2.84. The van der Waals surface area contributed by atoms with Gasteiger partial charge in [-0.1, -0.05) is 18.2 Å². The van der Waals surface area contributed by atoms with E-state index in [9.17, 15) is 0 Å². The van der Waals surface area contributed by atoms with Crippen LogP contribution in [-0.4, -0.2) is 17.3 Å². The molecule has 2 nitrogen and oxygen atoms in total. The summed E-state index contributed by atoms with van der Waals surface area (Å²) in [5, 5.41) is 8.89. The zero-order valence-corrected chi connectivity index (χ0v) is 9.08. The monoisotopic (exact) mass is 194 g/mol. The lowest BCUT2D eigenvalue weighted by Gasteiger charge is -2.23. The summed E-state index contributed by atoms with van der Waals surface area (Å²) in [6.45, 7) is 6.21. The molecule has 0 aromatic heterocycles. The van der Waals surface area contributed by atoms with Gasteiger partial charge in [0.15, 0.2) is 0 Å². The molecule has 0 bridgehead atoms. The van der Waals surface area contributed by atoms with E-state index < -0.39 is 0 Å². The third-order valence-corrected chi connectivity index (χ3v) is 1.77. The first-order chi connectivity index (χ1) is 6.53. The number of benzene rings is 1. The summed E-state index contributed by atoms with van der Waals surface area (Å²) in [6.07, 6.45) is 0.645. The predicted molar refractivity (Wildman–Crippen MR) is 57.6 cm³/mol. The van der Waals surface area contributed by atoms with E-state index in [4.69, 9.17) is 9.84 Å². The van der Waals surface area contributed by atoms with Crippen LogP contribution in [0.15, 0.2) is 24.3 Å². The van der Waals surface area contributed by atoms with Gasteiger partial charge in [-0.25, -0.2) is 0 Å². The van der Waals surface area contributed by atoms with E-state index in [2.05, 4.69) is 0 Å². The van der Waals surface area contributed by atoms with E-state index >= 15 is 0 Å². The minimum Gasteiger partial charge on any atom is -0.488 e. The molecule has 0 spiro atoms. The van der Waals surface area contributed by atoms with Gasteiger partial charge in [0.05, 0.1) is 0 Å². The molecule has 0 fully saturated rings. The number of rotatable bonds is 3. The van der Waals surface area contributed by atoms with E-state index in [1.54, 1.807) is 0 Å². The molecule has 0 amide bonds. The molecule has 0 unspecified atom stereocenters. The predicted octanol–water partition coefficient (Wildman–Crippen LogP) is 2.40. The van der Waals surface area contributed by atoms with Gasteiger partial charge in [-0.15, -0.1) is 0 Å². The zero-order chi connectivity index (χ0) is 10.6. The Morgan fingerprint density at radius 1 is 1.21 bits per heavy atom. The molecule has 0 atom stereocenters. The van der Waals surface area contributed by atoms with E-state index in [1.807, 2.05) is 45.0 Å². The molecule has 14 heavy (non-hydrogen) atoms. The van der Waals surface area contributed by atoms with Crippen LogP contribution in [-0.2, 0) is 6.42 Å². The molecular formula is C12H18O2. The molecule has 0 aliphatic heterocycles. The largest absolute Gasteiger partial charge is 0.488 e. The number of hydrogen-bond donors (Lipinski definition) is 1. The third-order valence-electron chi connectivity index (χ3n) is 1.77. The van der Waals surface area contributed by atoms with Gasteiger partial charge in [-0.2, -0.15) is 0 Å². The minimum absolute atomic E-state index is 0.157. The first-order valence-corrected chi connectivity index (χ1v) is 4.91. The van der Waals surface area contributed by atoms with Crippen molar-refractivity contribution in [2.24, 2.45) is 0 Å². The van der Waals surface area contributed by atoms with Crippen LogP contribution in [0.4, 0.5) is 0 Å². The molecule has 0 saturated carbocycles. The van der Waals surface area contributed by atoms with Crippen molar-refractivity contribution in [3.05, 3.63) is 29.8 Å². The van der Waals surface area contributed by atoms with Gasteiger partial charge in [-0.05, 0) is 38.8 Å². The number of ether oxygens (including phenoxy) is 1. The molecule has 0 radical (unpaired) electrons. The molecule has 78 valence electrons. The number of para-hydroxylation sites is 1. The summed E-state index contributed by atoms with van der Waals surface area (Å²) in [4.78, 5) is 0. The first-order valence-electron chi connectivity index (χ1n) is 4.91. The average Bonchev–Trinajstić information content (AvgIpc) is 2.06. The van der Waals surface area contributed by atoms with Crippen LogP contribution in [0.2, 0.25) is 0 Å². The zero-order valence-electron chi connectivity index (χ0n) is 9.08. The lowest BCUT2D eigenvalue weighted by atomic mass is 10.1. The maximum atomic E-state index is 8.89. The van der Waals surface area contributed by atoms with Gasteiger partial charge in [0, 0.05) is 6.61 Å². The van der Waals surface area contributed by atoms with Gasteiger partial charge < -0.3 is 9.84 Å². The topological polar surface area (TPSA) is 29.5 Å². The Bertz CT molecular complexity index is 287. The van der Waals surface area contributed by atoms with Crippen LogP contribution < -0.4 is 4.74 Å². The second-order valence-corrected chi connectivity index (χ2v) is 4.30.